The van der Waals surface area contributed by atoms with Gasteiger partial charge in [0.25, 0.3) is 0 Å². The first kappa shape index (κ1) is 13.6. The van der Waals surface area contributed by atoms with Gasteiger partial charge >= 0.3 is 0 Å². The molecule has 0 bridgehead atoms. The quantitative estimate of drug-likeness (QED) is 0.846. The zero-order chi connectivity index (χ0) is 13.0. The molecule has 1 amide bonds. The Balaban J connectivity index is 2.74. The van der Waals surface area contributed by atoms with Crippen LogP contribution in [0.4, 0.5) is 10.1 Å². The lowest BCUT2D eigenvalue weighted by atomic mass is 10.0. The van der Waals surface area contributed by atoms with Crippen molar-refractivity contribution in [3.05, 3.63) is 29.6 Å². The van der Waals surface area contributed by atoms with Crippen LogP contribution in [0, 0.1) is 18.7 Å². The molecule has 0 radical (unpaired) electrons. The smallest absolute Gasteiger partial charge is 0.241 e. The van der Waals surface area contributed by atoms with E-state index in [1.54, 1.807) is 19.1 Å². The maximum atomic E-state index is 13.5. The molecule has 4 heteroatoms. The summed E-state index contributed by atoms with van der Waals surface area (Å²) in [6.45, 7) is 5.72. The van der Waals surface area contributed by atoms with Crippen LogP contribution in [-0.4, -0.2) is 11.9 Å². The first-order chi connectivity index (χ1) is 7.91. The van der Waals surface area contributed by atoms with E-state index in [1.807, 2.05) is 13.8 Å². The zero-order valence-electron chi connectivity index (χ0n) is 10.5. The highest BCUT2D eigenvalue weighted by molar-refractivity contribution is 5.95. The van der Waals surface area contributed by atoms with Crippen LogP contribution < -0.4 is 11.1 Å². The minimum atomic E-state index is -0.603. The number of nitrogens with one attached hydrogen (secondary N) is 1. The number of carbonyl (C=O) groups excluding carboxylic acids is 1. The molecule has 0 aliphatic heterocycles. The Hall–Kier alpha value is -1.42. The Morgan fingerprint density at radius 3 is 2.65 bits per heavy atom. The van der Waals surface area contributed by atoms with Gasteiger partial charge in [0, 0.05) is 0 Å². The van der Waals surface area contributed by atoms with Crippen LogP contribution in [0.3, 0.4) is 0 Å². The number of amides is 1. The standard InChI is InChI=1S/C13H19FN2O/c1-8(2)7-11(15)13(17)16-12-9(3)5-4-6-10(12)14/h4-6,8,11H,7,15H2,1-3H3,(H,16,17)/t11-/m1/s1. The average Bonchev–Trinajstić information content (AvgIpc) is 2.22. The highest BCUT2D eigenvalue weighted by atomic mass is 19.1. The van der Waals surface area contributed by atoms with Crippen molar-refractivity contribution in [2.24, 2.45) is 11.7 Å². The fraction of sp³-hybridized carbons (Fsp3) is 0.462. The maximum Gasteiger partial charge on any atom is 0.241 e. The molecule has 0 saturated heterocycles. The van der Waals surface area contributed by atoms with Gasteiger partial charge in [-0.15, -0.1) is 0 Å². The summed E-state index contributed by atoms with van der Waals surface area (Å²) >= 11 is 0. The molecule has 0 heterocycles. The minimum absolute atomic E-state index is 0.219. The SMILES string of the molecule is Cc1cccc(F)c1NC(=O)[C@H](N)CC(C)C. The predicted molar refractivity (Wildman–Crippen MR) is 67.2 cm³/mol. The van der Waals surface area contributed by atoms with Crippen molar-refractivity contribution < 1.29 is 9.18 Å². The van der Waals surface area contributed by atoms with Gasteiger partial charge in [-0.3, -0.25) is 4.79 Å². The fourth-order valence-corrected chi connectivity index (χ4v) is 1.62. The van der Waals surface area contributed by atoms with Gasteiger partial charge in [0.15, 0.2) is 0 Å². The largest absolute Gasteiger partial charge is 0.322 e. The molecule has 0 saturated carbocycles. The number of aryl methyl sites for hydroxylation is 1. The van der Waals surface area contributed by atoms with Crippen LogP contribution in [0.15, 0.2) is 18.2 Å². The van der Waals surface area contributed by atoms with Crippen molar-refractivity contribution in [2.45, 2.75) is 33.2 Å². The van der Waals surface area contributed by atoms with Crippen molar-refractivity contribution in [3.63, 3.8) is 0 Å². The molecule has 17 heavy (non-hydrogen) atoms. The lowest BCUT2D eigenvalue weighted by Gasteiger charge is -2.15. The van der Waals surface area contributed by atoms with Gasteiger partial charge in [-0.05, 0) is 30.9 Å². The second kappa shape index (κ2) is 5.77. The van der Waals surface area contributed by atoms with Crippen molar-refractivity contribution in [2.75, 3.05) is 5.32 Å². The van der Waals surface area contributed by atoms with Gasteiger partial charge in [0.05, 0.1) is 11.7 Å². The predicted octanol–water partition coefficient (Wildman–Crippen LogP) is 2.45. The van der Waals surface area contributed by atoms with Gasteiger partial charge in [0.1, 0.15) is 5.82 Å². The molecule has 0 aliphatic rings. The molecule has 0 aliphatic carbocycles. The Bertz CT molecular complexity index is 384. The molecule has 3 N–H and O–H groups in total. The average molecular weight is 238 g/mol. The molecule has 0 fully saturated rings. The molecule has 1 atom stereocenters. The molecule has 94 valence electrons. The van der Waals surface area contributed by atoms with E-state index in [0.717, 1.165) is 0 Å². The molecule has 0 aromatic heterocycles. The molecule has 1 aromatic rings. The Kier molecular flexibility index (Phi) is 4.63. The first-order valence-corrected chi connectivity index (χ1v) is 5.73. The van der Waals surface area contributed by atoms with E-state index in [0.29, 0.717) is 17.9 Å². The third-order valence-corrected chi connectivity index (χ3v) is 2.53. The lowest BCUT2D eigenvalue weighted by Crippen LogP contribution is -2.37. The number of hydrogen-bond donors (Lipinski definition) is 2. The molecule has 0 unspecified atom stereocenters. The molecule has 1 aromatic carbocycles. The fourth-order valence-electron chi connectivity index (χ4n) is 1.62. The van der Waals surface area contributed by atoms with E-state index in [9.17, 15) is 9.18 Å². The van der Waals surface area contributed by atoms with E-state index >= 15 is 0 Å². The summed E-state index contributed by atoms with van der Waals surface area (Å²) < 4.78 is 13.5. The highest BCUT2D eigenvalue weighted by Crippen LogP contribution is 2.19. The van der Waals surface area contributed by atoms with Crippen LogP contribution in [0.2, 0.25) is 0 Å². The van der Waals surface area contributed by atoms with E-state index in [-0.39, 0.29) is 11.6 Å². The summed E-state index contributed by atoms with van der Waals surface area (Å²) in [5, 5.41) is 2.54. The van der Waals surface area contributed by atoms with Crippen LogP contribution >= 0.6 is 0 Å². The van der Waals surface area contributed by atoms with Gasteiger partial charge < -0.3 is 11.1 Å². The summed E-state index contributed by atoms with van der Waals surface area (Å²) in [5.41, 5.74) is 6.64. The lowest BCUT2D eigenvalue weighted by molar-refractivity contribution is -0.117. The number of hydrogen-bond acceptors (Lipinski definition) is 2. The molecular formula is C13H19FN2O. The third-order valence-electron chi connectivity index (χ3n) is 2.53. The van der Waals surface area contributed by atoms with Crippen molar-refractivity contribution in [3.8, 4) is 0 Å². The number of anilines is 1. The number of halogens is 1. The zero-order valence-corrected chi connectivity index (χ0v) is 10.5. The van der Waals surface area contributed by atoms with Crippen molar-refractivity contribution >= 4 is 11.6 Å². The van der Waals surface area contributed by atoms with Crippen LogP contribution in [0.5, 0.6) is 0 Å². The number of benzene rings is 1. The van der Waals surface area contributed by atoms with E-state index in [2.05, 4.69) is 5.32 Å². The van der Waals surface area contributed by atoms with Crippen LogP contribution in [0.1, 0.15) is 25.8 Å². The third kappa shape index (κ3) is 3.82. The monoisotopic (exact) mass is 238 g/mol. The molecule has 0 spiro atoms. The van der Waals surface area contributed by atoms with Crippen molar-refractivity contribution in [1.82, 2.24) is 0 Å². The first-order valence-electron chi connectivity index (χ1n) is 5.73. The number of rotatable bonds is 4. The molecular weight excluding hydrogens is 219 g/mol. The Morgan fingerprint density at radius 1 is 1.47 bits per heavy atom. The van der Waals surface area contributed by atoms with Gasteiger partial charge in [-0.25, -0.2) is 4.39 Å². The topological polar surface area (TPSA) is 55.1 Å². The maximum absolute atomic E-state index is 13.5. The summed E-state index contributed by atoms with van der Waals surface area (Å²) in [6, 6.07) is 4.06. The van der Waals surface area contributed by atoms with Gasteiger partial charge in [0.2, 0.25) is 5.91 Å². The van der Waals surface area contributed by atoms with Crippen LogP contribution in [-0.2, 0) is 4.79 Å². The summed E-state index contributed by atoms with van der Waals surface area (Å²) in [6.07, 6.45) is 0.583. The summed E-state index contributed by atoms with van der Waals surface area (Å²) in [7, 11) is 0. The number of nitrogens with two attached hydrogens (primary N) is 1. The summed E-state index contributed by atoms with van der Waals surface area (Å²) in [5.74, 6) is -0.445. The Labute approximate surface area is 101 Å². The molecule has 3 nitrogen and oxygen atoms in total. The highest BCUT2D eigenvalue weighted by Gasteiger charge is 2.17. The second-order valence-corrected chi connectivity index (χ2v) is 4.66. The van der Waals surface area contributed by atoms with E-state index < -0.39 is 11.9 Å². The second-order valence-electron chi connectivity index (χ2n) is 4.66. The minimum Gasteiger partial charge on any atom is -0.322 e. The van der Waals surface area contributed by atoms with Gasteiger partial charge in [-0.2, -0.15) is 0 Å². The molecule has 1 rings (SSSR count). The normalized spacial score (nSPS) is 12.6. The van der Waals surface area contributed by atoms with Crippen molar-refractivity contribution in [1.29, 1.82) is 0 Å². The number of para-hydroxylation sites is 1. The summed E-state index contributed by atoms with van der Waals surface area (Å²) in [4.78, 5) is 11.7. The van der Waals surface area contributed by atoms with Gasteiger partial charge in [-0.1, -0.05) is 26.0 Å². The van der Waals surface area contributed by atoms with E-state index in [4.69, 9.17) is 5.73 Å². The Morgan fingerprint density at radius 2 is 2.12 bits per heavy atom. The van der Waals surface area contributed by atoms with Crippen LogP contribution in [0.25, 0.3) is 0 Å². The van der Waals surface area contributed by atoms with E-state index in [1.165, 1.54) is 6.07 Å². The number of carbonyl (C=O) groups is 1.